The van der Waals surface area contributed by atoms with E-state index in [1.54, 1.807) is 29.6 Å². The van der Waals surface area contributed by atoms with Crippen molar-refractivity contribution in [3.63, 3.8) is 0 Å². The average molecular weight is 374 g/mol. The van der Waals surface area contributed by atoms with Crippen LogP contribution in [0.15, 0.2) is 51.7 Å². The van der Waals surface area contributed by atoms with Crippen LogP contribution in [-0.4, -0.2) is 52.8 Å². The maximum Gasteiger partial charge on any atom is 0.290 e. The Bertz CT molecular complexity index is 792. The fourth-order valence-electron chi connectivity index (χ4n) is 3.19. The number of carbonyl (C=O) groups excluding carboxylic acids is 2. The lowest BCUT2D eigenvalue weighted by Crippen LogP contribution is -2.38. The molecule has 1 N–H and O–H groups in total. The number of Topliss-reactive ketones (excluding diaryl/α,β-unsaturated/α-hetero) is 1. The molecule has 0 saturated carbocycles. The van der Waals surface area contributed by atoms with Crippen molar-refractivity contribution in [1.29, 1.82) is 0 Å². The molecule has 1 aliphatic rings. The predicted octanol–water partition coefficient (Wildman–Crippen LogP) is 3.26. The van der Waals surface area contributed by atoms with E-state index >= 15 is 0 Å². The molecule has 2 aromatic heterocycles. The van der Waals surface area contributed by atoms with Gasteiger partial charge >= 0.3 is 0 Å². The summed E-state index contributed by atoms with van der Waals surface area (Å²) in [6.45, 7) is 6.90. The van der Waals surface area contributed by atoms with Crippen molar-refractivity contribution >= 4 is 23.0 Å². The summed E-state index contributed by atoms with van der Waals surface area (Å²) in [6.07, 6.45) is 1.50. The van der Waals surface area contributed by atoms with Gasteiger partial charge in [-0.05, 0) is 36.7 Å². The summed E-state index contributed by atoms with van der Waals surface area (Å²) in [5.74, 6) is -0.873. The number of amides is 1. The topological polar surface area (TPSA) is 74.0 Å². The number of ketones is 1. The third-order valence-corrected chi connectivity index (χ3v) is 5.53. The second-order valence-corrected chi connectivity index (χ2v) is 6.96. The summed E-state index contributed by atoms with van der Waals surface area (Å²) in [5, 5.41) is 12.3. The van der Waals surface area contributed by atoms with Gasteiger partial charge in [0.15, 0.2) is 5.76 Å². The van der Waals surface area contributed by atoms with Gasteiger partial charge in [-0.1, -0.05) is 19.9 Å². The highest BCUT2D eigenvalue weighted by Gasteiger charge is 2.45. The number of aliphatic hydroxyl groups excluding tert-OH is 1. The third-order valence-electron chi connectivity index (χ3n) is 4.66. The molecule has 1 amide bonds. The molecular formula is C19H22N2O4S. The lowest BCUT2D eigenvalue weighted by molar-refractivity contribution is -0.129. The average Bonchev–Trinajstić information content (AvgIpc) is 3.39. The molecule has 2 aromatic rings. The molecule has 0 radical (unpaired) electrons. The van der Waals surface area contributed by atoms with E-state index in [-0.39, 0.29) is 11.4 Å². The van der Waals surface area contributed by atoms with Gasteiger partial charge in [-0.15, -0.1) is 11.3 Å². The van der Waals surface area contributed by atoms with Gasteiger partial charge in [0.05, 0.1) is 16.7 Å². The number of furan rings is 1. The maximum absolute atomic E-state index is 12.9. The van der Waals surface area contributed by atoms with Crippen molar-refractivity contribution in [3.8, 4) is 0 Å². The quantitative estimate of drug-likeness (QED) is 0.718. The number of rotatable bonds is 8. The molecule has 138 valence electrons. The molecule has 7 heteroatoms. The minimum absolute atomic E-state index is 0.0898. The molecule has 0 aromatic carbocycles. The fraction of sp³-hybridized carbons (Fsp3) is 0.368. The molecule has 3 heterocycles. The van der Waals surface area contributed by atoms with Crippen LogP contribution in [0.2, 0.25) is 0 Å². The Hall–Kier alpha value is -2.38. The first-order chi connectivity index (χ1) is 12.6. The van der Waals surface area contributed by atoms with Crippen LogP contribution in [-0.2, 0) is 4.79 Å². The van der Waals surface area contributed by atoms with Crippen LogP contribution in [0.4, 0.5) is 0 Å². The molecule has 0 spiro atoms. The molecule has 1 atom stereocenters. The van der Waals surface area contributed by atoms with Crippen LogP contribution in [0.3, 0.4) is 0 Å². The van der Waals surface area contributed by atoms with Gasteiger partial charge in [0, 0.05) is 13.1 Å². The number of thiophene rings is 1. The van der Waals surface area contributed by atoms with Crippen LogP contribution in [0.25, 0.3) is 0 Å². The SMILES string of the molecule is CCN(CC)CCN1C(=O)C(O)=C(C(=O)c2cccs2)[C@H]1c1ccco1. The van der Waals surface area contributed by atoms with Gasteiger partial charge in [-0.2, -0.15) is 0 Å². The second kappa shape index (κ2) is 7.88. The summed E-state index contributed by atoms with van der Waals surface area (Å²) >= 11 is 1.28. The van der Waals surface area contributed by atoms with Gasteiger partial charge in [-0.3, -0.25) is 9.59 Å². The second-order valence-electron chi connectivity index (χ2n) is 6.01. The number of hydrogen-bond donors (Lipinski definition) is 1. The van der Waals surface area contributed by atoms with E-state index in [4.69, 9.17) is 4.42 Å². The molecule has 0 aliphatic carbocycles. The zero-order valence-electron chi connectivity index (χ0n) is 14.8. The number of carbonyl (C=O) groups is 2. The zero-order chi connectivity index (χ0) is 18.7. The summed E-state index contributed by atoms with van der Waals surface area (Å²) < 4.78 is 5.50. The Labute approximate surface area is 156 Å². The molecule has 0 saturated heterocycles. The van der Waals surface area contributed by atoms with Crippen molar-refractivity contribution in [2.45, 2.75) is 19.9 Å². The van der Waals surface area contributed by atoms with E-state index in [0.29, 0.717) is 23.7 Å². The van der Waals surface area contributed by atoms with E-state index in [9.17, 15) is 14.7 Å². The van der Waals surface area contributed by atoms with E-state index in [0.717, 1.165) is 13.1 Å². The number of hydrogen-bond acceptors (Lipinski definition) is 6. The zero-order valence-corrected chi connectivity index (χ0v) is 15.7. The van der Waals surface area contributed by atoms with Gasteiger partial charge in [0.25, 0.3) is 5.91 Å². The number of likely N-dealkylation sites (N-methyl/N-ethyl adjacent to an activating group) is 1. The highest BCUT2D eigenvalue weighted by atomic mass is 32.1. The maximum atomic E-state index is 12.9. The van der Waals surface area contributed by atoms with E-state index < -0.39 is 17.7 Å². The van der Waals surface area contributed by atoms with Gasteiger partial charge in [0.1, 0.15) is 11.8 Å². The van der Waals surface area contributed by atoms with Crippen LogP contribution in [0.5, 0.6) is 0 Å². The van der Waals surface area contributed by atoms with Gasteiger partial charge < -0.3 is 19.3 Å². The van der Waals surface area contributed by atoms with Crippen molar-refractivity contribution in [3.05, 3.63) is 57.9 Å². The smallest absolute Gasteiger partial charge is 0.290 e. The molecule has 0 fully saturated rings. The summed E-state index contributed by atoms with van der Waals surface area (Å²) in [7, 11) is 0. The van der Waals surface area contributed by atoms with Crippen molar-refractivity contribution in [1.82, 2.24) is 9.80 Å². The number of nitrogens with zero attached hydrogens (tertiary/aromatic N) is 2. The third kappa shape index (κ3) is 3.32. The summed E-state index contributed by atoms with van der Waals surface area (Å²) in [4.78, 5) is 29.8. The molecule has 0 bridgehead atoms. The van der Waals surface area contributed by atoms with Gasteiger partial charge in [-0.25, -0.2) is 0 Å². The first-order valence-electron chi connectivity index (χ1n) is 8.66. The minimum Gasteiger partial charge on any atom is -0.503 e. The van der Waals surface area contributed by atoms with Crippen LogP contribution >= 0.6 is 11.3 Å². The number of aliphatic hydroxyl groups is 1. The molecule has 3 rings (SSSR count). The molecular weight excluding hydrogens is 352 g/mol. The predicted molar refractivity (Wildman–Crippen MR) is 99.3 cm³/mol. The monoisotopic (exact) mass is 374 g/mol. The van der Waals surface area contributed by atoms with Crippen LogP contribution in [0.1, 0.15) is 35.3 Å². The Morgan fingerprint density at radius 3 is 2.65 bits per heavy atom. The Kier molecular flexibility index (Phi) is 5.58. The Morgan fingerprint density at radius 2 is 2.08 bits per heavy atom. The standard InChI is InChI=1S/C19H22N2O4S/c1-3-20(4-2)9-10-21-16(13-7-5-11-25-13)15(18(23)19(21)24)17(22)14-8-6-12-26-14/h5-8,11-12,16,23H,3-4,9-10H2,1-2H3/t16-/m1/s1. The molecule has 6 nitrogen and oxygen atoms in total. The highest BCUT2D eigenvalue weighted by molar-refractivity contribution is 7.12. The lowest BCUT2D eigenvalue weighted by Gasteiger charge is -2.27. The van der Waals surface area contributed by atoms with E-state index in [1.165, 1.54) is 22.5 Å². The van der Waals surface area contributed by atoms with E-state index in [2.05, 4.69) is 18.7 Å². The first-order valence-corrected chi connectivity index (χ1v) is 9.54. The first kappa shape index (κ1) is 18.4. The molecule has 0 unspecified atom stereocenters. The van der Waals surface area contributed by atoms with Crippen molar-refractivity contribution in [2.75, 3.05) is 26.2 Å². The Balaban J connectivity index is 1.94. The lowest BCUT2D eigenvalue weighted by atomic mass is 10.0. The normalized spacial score (nSPS) is 17.6. The minimum atomic E-state index is -0.706. The fourth-order valence-corrected chi connectivity index (χ4v) is 3.87. The molecule has 26 heavy (non-hydrogen) atoms. The van der Waals surface area contributed by atoms with E-state index in [1.807, 2.05) is 0 Å². The van der Waals surface area contributed by atoms with Crippen LogP contribution in [0, 0.1) is 0 Å². The highest BCUT2D eigenvalue weighted by Crippen LogP contribution is 2.39. The van der Waals surface area contributed by atoms with Gasteiger partial charge in [0.2, 0.25) is 5.78 Å². The largest absolute Gasteiger partial charge is 0.503 e. The Morgan fingerprint density at radius 1 is 1.31 bits per heavy atom. The summed E-state index contributed by atoms with van der Waals surface area (Å²) in [6, 6.07) is 6.19. The van der Waals surface area contributed by atoms with Crippen molar-refractivity contribution in [2.24, 2.45) is 0 Å². The van der Waals surface area contributed by atoms with Crippen molar-refractivity contribution < 1.29 is 19.1 Å². The molecule has 1 aliphatic heterocycles. The summed E-state index contributed by atoms with van der Waals surface area (Å²) in [5.41, 5.74) is 0.0898. The van der Waals surface area contributed by atoms with Crippen LogP contribution < -0.4 is 0 Å².